The van der Waals surface area contributed by atoms with Gasteiger partial charge in [-0.25, -0.2) is 10.2 Å². The normalized spacial score (nSPS) is 9.07. The van der Waals surface area contributed by atoms with Crippen molar-refractivity contribution in [2.24, 2.45) is 5.73 Å². The van der Waals surface area contributed by atoms with E-state index in [1.54, 1.807) is 24.3 Å². The van der Waals surface area contributed by atoms with Crippen LogP contribution in [-0.4, -0.2) is 11.2 Å². The third-order valence-electron chi connectivity index (χ3n) is 1.30. The van der Waals surface area contributed by atoms with Gasteiger partial charge in [-0.3, -0.25) is 5.43 Å². The van der Waals surface area contributed by atoms with Gasteiger partial charge in [0.2, 0.25) is 0 Å². The Balaban J connectivity index is 2.28. The maximum Gasteiger partial charge on any atom is 0.428 e. The summed E-state index contributed by atoms with van der Waals surface area (Å²) in [5, 5.41) is 0.00927. The van der Waals surface area contributed by atoms with Gasteiger partial charge in [0.05, 0.1) is 0 Å². The van der Waals surface area contributed by atoms with Crippen LogP contribution < -0.4 is 26.9 Å². The zero-order chi connectivity index (χ0) is 11.1. The van der Waals surface area contributed by atoms with Crippen LogP contribution in [0.5, 0.6) is 5.75 Å². The second-order valence-corrected chi connectivity index (χ2v) is 2.88. The zero-order valence-electron chi connectivity index (χ0n) is 7.69. The Morgan fingerprint density at radius 3 is 2.53 bits per heavy atom. The smallest absolute Gasteiger partial charge is 0.409 e. The van der Waals surface area contributed by atoms with Crippen molar-refractivity contribution in [1.29, 1.82) is 0 Å². The molecule has 0 radical (unpaired) electrons. The van der Waals surface area contributed by atoms with Crippen LogP contribution in [0, 0.1) is 0 Å². The fourth-order valence-electron chi connectivity index (χ4n) is 0.765. The Morgan fingerprint density at radius 2 is 1.93 bits per heavy atom. The van der Waals surface area contributed by atoms with E-state index in [4.69, 9.17) is 10.5 Å². The molecule has 0 saturated heterocycles. The number of ether oxygens (including phenoxy) is 1. The summed E-state index contributed by atoms with van der Waals surface area (Å²) in [5.41, 5.74) is 11.8. The number of rotatable bonds is 3. The van der Waals surface area contributed by atoms with E-state index in [9.17, 15) is 4.79 Å². The molecule has 0 aromatic heterocycles. The van der Waals surface area contributed by atoms with Gasteiger partial charge in [0, 0.05) is 0 Å². The van der Waals surface area contributed by atoms with Crippen LogP contribution in [0.1, 0.15) is 0 Å². The lowest BCUT2D eigenvalue weighted by Crippen LogP contribution is -2.51. The molecule has 0 aliphatic rings. The lowest BCUT2D eigenvalue weighted by molar-refractivity contribution is 0.194. The van der Waals surface area contributed by atoms with Crippen molar-refractivity contribution in [1.82, 2.24) is 16.4 Å². The first-order chi connectivity index (χ1) is 7.18. The number of nitrogens with two attached hydrogens (primary N) is 1. The molecule has 80 valence electrons. The first-order valence-corrected chi connectivity index (χ1v) is 4.42. The number of carbonyl (C=O) groups is 1. The minimum Gasteiger partial charge on any atom is -0.409 e. The average molecular weight is 226 g/mol. The molecule has 0 spiro atoms. The van der Waals surface area contributed by atoms with E-state index in [1.807, 2.05) is 6.07 Å². The molecular weight excluding hydrogens is 216 g/mol. The molecule has 15 heavy (non-hydrogen) atoms. The molecule has 0 bridgehead atoms. The summed E-state index contributed by atoms with van der Waals surface area (Å²) in [6.45, 7) is 0. The largest absolute Gasteiger partial charge is 0.428 e. The van der Waals surface area contributed by atoms with Crippen LogP contribution in [0.25, 0.3) is 0 Å². The molecule has 1 rings (SSSR count). The van der Waals surface area contributed by atoms with E-state index in [0.29, 0.717) is 5.75 Å². The topological polar surface area (TPSA) is 88.4 Å². The van der Waals surface area contributed by atoms with Crippen molar-refractivity contribution in [3.8, 4) is 5.75 Å². The third kappa shape index (κ3) is 4.79. The van der Waals surface area contributed by atoms with Crippen LogP contribution in [0.4, 0.5) is 4.79 Å². The van der Waals surface area contributed by atoms with Gasteiger partial charge < -0.3 is 10.5 Å². The van der Waals surface area contributed by atoms with Gasteiger partial charge in [0.25, 0.3) is 0 Å². The minimum atomic E-state index is -0.676. The first kappa shape index (κ1) is 11.2. The number of hydrazine groups is 2. The fourth-order valence-corrected chi connectivity index (χ4v) is 0.816. The molecule has 6 nitrogen and oxygen atoms in total. The van der Waals surface area contributed by atoms with E-state index < -0.39 is 6.09 Å². The fraction of sp³-hybridized carbons (Fsp3) is 0. The molecule has 0 aliphatic carbocycles. The van der Waals surface area contributed by atoms with Crippen molar-refractivity contribution in [3.05, 3.63) is 30.3 Å². The summed E-state index contributed by atoms with van der Waals surface area (Å²) in [5.74, 6) is 0.437. The Kier molecular flexibility index (Phi) is 4.32. The van der Waals surface area contributed by atoms with E-state index in [2.05, 4.69) is 28.6 Å². The monoisotopic (exact) mass is 226 g/mol. The predicted octanol–water partition coefficient (Wildman–Crippen LogP) is 0.0278. The molecule has 7 heteroatoms. The summed E-state index contributed by atoms with van der Waals surface area (Å²) in [4.78, 5) is 11.1. The number of thiocarbonyl (C=S) groups is 1. The maximum absolute atomic E-state index is 11.1. The second kappa shape index (κ2) is 5.78. The molecule has 0 heterocycles. The van der Waals surface area contributed by atoms with Gasteiger partial charge in [-0.05, 0) is 24.4 Å². The third-order valence-corrected chi connectivity index (χ3v) is 1.41. The van der Waals surface area contributed by atoms with E-state index in [0.717, 1.165) is 0 Å². The molecule has 0 atom stereocenters. The Hall–Kier alpha value is -1.86. The number of para-hydroxylation sites is 1. The van der Waals surface area contributed by atoms with Crippen molar-refractivity contribution in [2.75, 3.05) is 0 Å². The lowest BCUT2D eigenvalue weighted by Gasteiger charge is -2.08. The highest BCUT2D eigenvalue weighted by Gasteiger charge is 2.01. The number of nitrogens with one attached hydrogen (secondary N) is 3. The lowest BCUT2D eigenvalue weighted by atomic mass is 10.3. The highest BCUT2D eigenvalue weighted by Crippen LogP contribution is 2.07. The molecule has 0 saturated carbocycles. The summed E-state index contributed by atoms with van der Waals surface area (Å²) >= 11 is 4.49. The highest BCUT2D eigenvalue weighted by atomic mass is 32.1. The zero-order valence-corrected chi connectivity index (χ0v) is 8.51. The SMILES string of the molecule is NC(=S)NNNC(=O)Oc1ccccc1. The summed E-state index contributed by atoms with van der Waals surface area (Å²) in [6, 6.07) is 8.63. The molecule has 1 amide bonds. The standard InChI is InChI=1S/C8H10N4O2S/c9-7(15)10-12-11-8(13)14-6-4-2-1-3-5-6/h1-5,12H,(H,11,13)(H3,9,10,15). The molecule has 0 aliphatic heterocycles. The molecule has 1 aromatic carbocycles. The van der Waals surface area contributed by atoms with E-state index in [1.165, 1.54) is 0 Å². The quantitative estimate of drug-likeness (QED) is 0.429. The van der Waals surface area contributed by atoms with Gasteiger partial charge in [0.15, 0.2) is 5.11 Å². The number of carbonyl (C=O) groups excluding carboxylic acids is 1. The number of hydrogen-bond donors (Lipinski definition) is 4. The van der Waals surface area contributed by atoms with Crippen LogP contribution in [0.2, 0.25) is 0 Å². The Morgan fingerprint density at radius 1 is 1.27 bits per heavy atom. The summed E-state index contributed by atoms with van der Waals surface area (Å²) in [6.07, 6.45) is -0.676. The van der Waals surface area contributed by atoms with Gasteiger partial charge in [0.1, 0.15) is 5.75 Å². The van der Waals surface area contributed by atoms with Crippen LogP contribution in [0.15, 0.2) is 30.3 Å². The molecule has 0 unspecified atom stereocenters. The van der Waals surface area contributed by atoms with Gasteiger partial charge in [-0.15, -0.1) is 5.53 Å². The van der Waals surface area contributed by atoms with Crippen molar-refractivity contribution in [3.63, 3.8) is 0 Å². The minimum absolute atomic E-state index is 0.00927. The summed E-state index contributed by atoms with van der Waals surface area (Å²) in [7, 11) is 0. The van der Waals surface area contributed by atoms with Gasteiger partial charge >= 0.3 is 6.09 Å². The van der Waals surface area contributed by atoms with E-state index in [-0.39, 0.29) is 5.11 Å². The van der Waals surface area contributed by atoms with Crippen molar-refractivity contribution in [2.45, 2.75) is 0 Å². The van der Waals surface area contributed by atoms with E-state index >= 15 is 0 Å². The van der Waals surface area contributed by atoms with Crippen molar-refractivity contribution < 1.29 is 9.53 Å². The second-order valence-electron chi connectivity index (χ2n) is 2.44. The highest BCUT2D eigenvalue weighted by molar-refractivity contribution is 7.80. The molecule has 5 N–H and O–H groups in total. The molecular formula is C8H10N4O2S. The molecule has 1 aromatic rings. The Labute approximate surface area is 91.7 Å². The van der Waals surface area contributed by atoms with Crippen LogP contribution in [0.3, 0.4) is 0 Å². The van der Waals surface area contributed by atoms with Crippen LogP contribution >= 0.6 is 12.2 Å². The molecule has 0 fully saturated rings. The van der Waals surface area contributed by atoms with Crippen LogP contribution in [-0.2, 0) is 0 Å². The predicted molar refractivity (Wildman–Crippen MR) is 58.7 cm³/mol. The number of amides is 1. The maximum atomic E-state index is 11.1. The van der Waals surface area contributed by atoms with Gasteiger partial charge in [-0.2, -0.15) is 0 Å². The first-order valence-electron chi connectivity index (χ1n) is 4.02. The average Bonchev–Trinajstić information content (AvgIpc) is 2.18. The number of hydrogen-bond acceptors (Lipinski definition) is 4. The van der Waals surface area contributed by atoms with Gasteiger partial charge in [-0.1, -0.05) is 18.2 Å². The number of benzene rings is 1. The summed E-state index contributed by atoms with van der Waals surface area (Å²) < 4.78 is 4.86. The Bertz CT molecular complexity index is 344. The van der Waals surface area contributed by atoms with Crippen molar-refractivity contribution >= 4 is 23.4 Å².